The predicted octanol–water partition coefficient (Wildman–Crippen LogP) is 3.85. The highest BCUT2D eigenvalue weighted by Gasteiger charge is 2.17. The van der Waals surface area contributed by atoms with E-state index >= 15 is 0 Å². The molecule has 0 saturated carbocycles. The molecule has 9 heteroatoms. The van der Waals surface area contributed by atoms with Gasteiger partial charge in [0.25, 0.3) is 0 Å². The highest BCUT2D eigenvalue weighted by atomic mass is 32.1. The number of hydrogen-bond acceptors (Lipinski definition) is 5. The molecule has 0 unspecified atom stereocenters. The Bertz CT molecular complexity index is 933. The van der Waals surface area contributed by atoms with Gasteiger partial charge < -0.3 is 15.7 Å². The number of hydrogen-bond donors (Lipinski definition) is 3. The normalized spacial score (nSPS) is 11.6. The SMILES string of the molecule is O=C(O)C[C@@H](NC(=S)Nc1nccc(-c2cccs2)n1)c1ccc(F)cc1. The van der Waals surface area contributed by atoms with Crippen LogP contribution in [0.3, 0.4) is 0 Å². The fourth-order valence-corrected chi connectivity index (χ4v) is 3.33. The number of benzene rings is 1. The molecule has 1 atom stereocenters. The van der Waals surface area contributed by atoms with E-state index in [1.807, 2.05) is 17.5 Å². The van der Waals surface area contributed by atoms with Gasteiger partial charge in [-0.3, -0.25) is 4.79 Å². The van der Waals surface area contributed by atoms with Crippen molar-refractivity contribution in [2.75, 3.05) is 5.32 Å². The molecule has 0 spiro atoms. The van der Waals surface area contributed by atoms with E-state index in [0.717, 1.165) is 10.6 Å². The minimum atomic E-state index is -1.00. The summed E-state index contributed by atoms with van der Waals surface area (Å²) in [5, 5.41) is 17.1. The van der Waals surface area contributed by atoms with Crippen LogP contribution in [-0.4, -0.2) is 26.2 Å². The molecule has 0 aliphatic rings. The lowest BCUT2D eigenvalue weighted by Crippen LogP contribution is -2.34. The minimum Gasteiger partial charge on any atom is -0.481 e. The Morgan fingerprint density at radius 3 is 2.70 bits per heavy atom. The van der Waals surface area contributed by atoms with Crippen LogP contribution >= 0.6 is 23.6 Å². The monoisotopic (exact) mass is 402 g/mol. The number of carboxylic acid groups (broad SMARTS) is 1. The predicted molar refractivity (Wildman–Crippen MR) is 106 cm³/mol. The van der Waals surface area contributed by atoms with Crippen LogP contribution in [0.1, 0.15) is 18.0 Å². The Balaban J connectivity index is 1.71. The first-order valence-electron chi connectivity index (χ1n) is 7.93. The molecule has 2 aromatic heterocycles. The van der Waals surface area contributed by atoms with Crippen LogP contribution in [0.4, 0.5) is 10.3 Å². The van der Waals surface area contributed by atoms with Gasteiger partial charge in [-0.2, -0.15) is 0 Å². The van der Waals surface area contributed by atoms with Gasteiger partial charge >= 0.3 is 5.97 Å². The van der Waals surface area contributed by atoms with Crippen molar-refractivity contribution >= 4 is 40.6 Å². The molecule has 3 rings (SSSR count). The van der Waals surface area contributed by atoms with Crippen molar-refractivity contribution in [3.05, 3.63) is 65.4 Å². The number of halogens is 1. The second-order valence-corrected chi connectivity index (χ2v) is 6.90. The summed E-state index contributed by atoms with van der Waals surface area (Å²) in [7, 11) is 0. The minimum absolute atomic E-state index is 0.175. The summed E-state index contributed by atoms with van der Waals surface area (Å²) in [5.41, 5.74) is 1.36. The molecule has 6 nitrogen and oxygen atoms in total. The summed E-state index contributed by atoms with van der Waals surface area (Å²) in [6, 6.07) is 10.6. The number of carbonyl (C=O) groups is 1. The third kappa shape index (κ3) is 5.28. The standard InChI is InChI=1S/C18H15FN4O2S2/c19-12-5-3-11(4-6-12)14(10-16(24)25)22-18(26)23-17-20-8-7-13(21-17)15-2-1-9-27-15/h1-9,14H,10H2,(H,24,25)(H2,20,21,22,23,26)/t14-/m1/s1. The first kappa shape index (κ1) is 18.9. The maximum Gasteiger partial charge on any atom is 0.305 e. The lowest BCUT2D eigenvalue weighted by Gasteiger charge is -2.19. The zero-order chi connectivity index (χ0) is 19.2. The van der Waals surface area contributed by atoms with E-state index in [-0.39, 0.29) is 11.5 Å². The third-order valence-corrected chi connectivity index (χ3v) is 4.72. The zero-order valence-electron chi connectivity index (χ0n) is 13.9. The van der Waals surface area contributed by atoms with E-state index in [0.29, 0.717) is 11.5 Å². The first-order valence-corrected chi connectivity index (χ1v) is 9.22. The van der Waals surface area contributed by atoms with E-state index in [4.69, 9.17) is 17.3 Å². The Morgan fingerprint density at radius 1 is 1.26 bits per heavy atom. The number of nitrogens with one attached hydrogen (secondary N) is 2. The number of nitrogens with zero attached hydrogens (tertiary/aromatic N) is 2. The summed E-state index contributed by atoms with van der Waals surface area (Å²) in [6.45, 7) is 0. The van der Waals surface area contributed by atoms with Crippen molar-refractivity contribution in [2.45, 2.75) is 12.5 Å². The second-order valence-electron chi connectivity index (χ2n) is 5.54. The second kappa shape index (κ2) is 8.65. The van der Waals surface area contributed by atoms with E-state index in [1.54, 1.807) is 23.6 Å². The third-order valence-electron chi connectivity index (χ3n) is 3.61. The molecule has 138 valence electrons. The van der Waals surface area contributed by atoms with Crippen LogP contribution in [0.2, 0.25) is 0 Å². The summed E-state index contributed by atoms with van der Waals surface area (Å²) in [4.78, 5) is 20.7. The number of rotatable bonds is 6. The summed E-state index contributed by atoms with van der Waals surface area (Å²) < 4.78 is 13.1. The fraction of sp³-hybridized carbons (Fsp3) is 0.111. The van der Waals surface area contributed by atoms with Crippen LogP contribution in [0.25, 0.3) is 10.6 Å². The van der Waals surface area contributed by atoms with Crippen molar-refractivity contribution in [1.82, 2.24) is 15.3 Å². The van der Waals surface area contributed by atoms with Gasteiger partial charge in [0.2, 0.25) is 5.95 Å². The molecule has 0 aliphatic carbocycles. The number of thiophene rings is 1. The molecule has 0 amide bonds. The van der Waals surface area contributed by atoms with Gasteiger partial charge in [0.15, 0.2) is 5.11 Å². The topological polar surface area (TPSA) is 87.1 Å². The first-order chi connectivity index (χ1) is 13.0. The van der Waals surface area contributed by atoms with Crippen molar-refractivity contribution in [3.63, 3.8) is 0 Å². The van der Waals surface area contributed by atoms with Gasteiger partial charge in [0, 0.05) is 6.20 Å². The number of carboxylic acids is 1. The van der Waals surface area contributed by atoms with Crippen LogP contribution in [0.15, 0.2) is 54.0 Å². The smallest absolute Gasteiger partial charge is 0.305 e. The molecular weight excluding hydrogens is 387 g/mol. The Labute approximate surface area is 164 Å². The molecule has 3 aromatic rings. The molecule has 0 radical (unpaired) electrons. The lowest BCUT2D eigenvalue weighted by molar-refractivity contribution is -0.137. The van der Waals surface area contributed by atoms with E-state index in [9.17, 15) is 9.18 Å². The van der Waals surface area contributed by atoms with Gasteiger partial charge in [-0.05, 0) is 47.4 Å². The Kier molecular flexibility index (Phi) is 6.05. The maximum absolute atomic E-state index is 13.1. The summed E-state index contributed by atoms with van der Waals surface area (Å²) in [5.74, 6) is -1.10. The van der Waals surface area contributed by atoms with Gasteiger partial charge in [-0.25, -0.2) is 14.4 Å². The number of thiocarbonyl (C=S) groups is 1. The van der Waals surface area contributed by atoms with Crippen molar-refractivity contribution in [3.8, 4) is 10.6 Å². The summed E-state index contributed by atoms with van der Waals surface area (Å²) in [6.07, 6.45) is 1.39. The molecular formula is C18H15FN4O2S2. The average Bonchev–Trinajstić information content (AvgIpc) is 3.16. The van der Waals surface area contributed by atoms with Crippen molar-refractivity contribution in [1.29, 1.82) is 0 Å². The number of aliphatic carboxylic acids is 1. The van der Waals surface area contributed by atoms with Crippen LogP contribution < -0.4 is 10.6 Å². The van der Waals surface area contributed by atoms with E-state index in [2.05, 4.69) is 20.6 Å². The molecule has 0 saturated heterocycles. The largest absolute Gasteiger partial charge is 0.481 e. The van der Waals surface area contributed by atoms with Crippen LogP contribution in [0, 0.1) is 5.82 Å². The highest BCUT2D eigenvalue weighted by molar-refractivity contribution is 7.80. The lowest BCUT2D eigenvalue weighted by atomic mass is 10.0. The van der Waals surface area contributed by atoms with Crippen molar-refractivity contribution < 1.29 is 14.3 Å². The fourth-order valence-electron chi connectivity index (χ4n) is 2.40. The molecule has 3 N–H and O–H groups in total. The van der Waals surface area contributed by atoms with Crippen LogP contribution in [-0.2, 0) is 4.79 Å². The molecule has 0 fully saturated rings. The Morgan fingerprint density at radius 2 is 2.04 bits per heavy atom. The molecule has 0 aliphatic heterocycles. The highest BCUT2D eigenvalue weighted by Crippen LogP contribution is 2.23. The Hall–Kier alpha value is -2.91. The molecule has 27 heavy (non-hydrogen) atoms. The van der Waals surface area contributed by atoms with Gasteiger partial charge in [0.1, 0.15) is 5.82 Å². The van der Waals surface area contributed by atoms with Crippen LogP contribution in [0.5, 0.6) is 0 Å². The maximum atomic E-state index is 13.1. The van der Waals surface area contributed by atoms with Gasteiger partial charge in [-0.15, -0.1) is 11.3 Å². The van der Waals surface area contributed by atoms with Gasteiger partial charge in [0.05, 0.1) is 23.0 Å². The van der Waals surface area contributed by atoms with E-state index < -0.39 is 17.8 Å². The molecule has 1 aromatic carbocycles. The van der Waals surface area contributed by atoms with Gasteiger partial charge in [-0.1, -0.05) is 18.2 Å². The summed E-state index contributed by atoms with van der Waals surface area (Å²) >= 11 is 6.82. The average molecular weight is 402 g/mol. The quantitative estimate of drug-likeness (QED) is 0.540. The number of anilines is 1. The zero-order valence-corrected chi connectivity index (χ0v) is 15.6. The molecule has 2 heterocycles. The number of aromatic nitrogens is 2. The van der Waals surface area contributed by atoms with E-state index in [1.165, 1.54) is 24.3 Å². The van der Waals surface area contributed by atoms with Crippen molar-refractivity contribution in [2.24, 2.45) is 0 Å². The molecule has 0 bridgehead atoms.